The van der Waals surface area contributed by atoms with Crippen LogP contribution in [0, 0.1) is 0 Å². The number of ether oxygens (including phenoxy) is 1. The Kier molecular flexibility index (Phi) is 3.77. The van der Waals surface area contributed by atoms with Gasteiger partial charge in [-0.1, -0.05) is 24.3 Å². The van der Waals surface area contributed by atoms with Crippen molar-refractivity contribution in [2.75, 3.05) is 12.4 Å². The minimum atomic E-state index is 0.654. The summed E-state index contributed by atoms with van der Waals surface area (Å²) in [7, 11) is 3.62. The number of benzene rings is 1. The van der Waals surface area contributed by atoms with E-state index >= 15 is 0 Å². The maximum Gasteiger partial charge on any atom is 0.0729 e. The fourth-order valence-corrected chi connectivity index (χ4v) is 1.71. The predicted molar refractivity (Wildman–Crippen MR) is 67.7 cm³/mol. The van der Waals surface area contributed by atoms with Gasteiger partial charge in [0.2, 0.25) is 0 Å². The summed E-state index contributed by atoms with van der Waals surface area (Å²) in [5, 5.41) is 7.44. The van der Waals surface area contributed by atoms with Gasteiger partial charge in [-0.25, -0.2) is 0 Å². The summed E-state index contributed by atoms with van der Waals surface area (Å²) < 4.78 is 6.90. The molecule has 0 saturated heterocycles. The molecule has 0 fully saturated rings. The first-order valence-corrected chi connectivity index (χ1v) is 5.57. The minimum absolute atomic E-state index is 0.654. The highest BCUT2D eigenvalue weighted by molar-refractivity contribution is 5.39. The number of aryl methyl sites for hydroxylation is 1. The molecule has 2 rings (SSSR count). The van der Waals surface area contributed by atoms with Crippen LogP contribution in [0.1, 0.15) is 11.1 Å². The molecule has 0 amide bonds. The van der Waals surface area contributed by atoms with E-state index in [0.29, 0.717) is 6.61 Å². The summed E-state index contributed by atoms with van der Waals surface area (Å²) in [4.78, 5) is 0. The molecule has 1 aromatic carbocycles. The first-order chi connectivity index (χ1) is 8.28. The van der Waals surface area contributed by atoms with Crippen LogP contribution in [0.5, 0.6) is 0 Å². The van der Waals surface area contributed by atoms with Crippen molar-refractivity contribution in [3.05, 3.63) is 47.8 Å². The Morgan fingerprint density at radius 2 is 2.18 bits per heavy atom. The second kappa shape index (κ2) is 5.50. The molecule has 0 bridgehead atoms. The maximum atomic E-state index is 5.12. The average Bonchev–Trinajstić information content (AvgIpc) is 2.74. The molecule has 0 unspecified atom stereocenters. The van der Waals surface area contributed by atoms with E-state index in [9.17, 15) is 0 Å². The molecule has 2 aromatic rings. The fraction of sp³-hybridized carbons (Fsp3) is 0.308. The first kappa shape index (κ1) is 11.7. The number of nitrogens with one attached hydrogen (secondary N) is 1. The van der Waals surface area contributed by atoms with Crippen molar-refractivity contribution in [3.63, 3.8) is 0 Å². The Labute approximate surface area is 101 Å². The van der Waals surface area contributed by atoms with Gasteiger partial charge in [-0.15, -0.1) is 0 Å². The van der Waals surface area contributed by atoms with Crippen LogP contribution in [0.15, 0.2) is 36.7 Å². The molecule has 17 heavy (non-hydrogen) atoms. The van der Waals surface area contributed by atoms with Gasteiger partial charge >= 0.3 is 0 Å². The lowest BCUT2D eigenvalue weighted by Gasteiger charge is -2.06. The van der Waals surface area contributed by atoms with Gasteiger partial charge in [-0.05, 0) is 11.1 Å². The van der Waals surface area contributed by atoms with Crippen molar-refractivity contribution >= 4 is 5.69 Å². The van der Waals surface area contributed by atoms with Gasteiger partial charge in [0.25, 0.3) is 0 Å². The molecule has 4 nitrogen and oxygen atoms in total. The second-order valence-electron chi connectivity index (χ2n) is 4.01. The standard InChI is InChI=1S/C13H17N3O/c1-16-9-13(8-15-16)14-7-11-4-3-5-12(6-11)10-17-2/h3-6,8-9,14H,7,10H2,1-2H3. The van der Waals surface area contributed by atoms with Crippen molar-refractivity contribution in [1.82, 2.24) is 9.78 Å². The predicted octanol–water partition coefficient (Wildman–Crippen LogP) is 2.18. The largest absolute Gasteiger partial charge is 0.380 e. The molecule has 0 aliphatic rings. The van der Waals surface area contributed by atoms with E-state index in [1.54, 1.807) is 11.8 Å². The van der Waals surface area contributed by atoms with Crippen LogP contribution >= 0.6 is 0 Å². The summed E-state index contributed by atoms with van der Waals surface area (Å²) in [6, 6.07) is 8.36. The van der Waals surface area contributed by atoms with Crippen molar-refractivity contribution < 1.29 is 4.74 Å². The van der Waals surface area contributed by atoms with Crippen LogP contribution < -0.4 is 5.32 Å². The van der Waals surface area contributed by atoms with Crippen molar-refractivity contribution in [2.24, 2.45) is 7.05 Å². The van der Waals surface area contributed by atoms with Crippen LogP contribution in [-0.4, -0.2) is 16.9 Å². The molecule has 1 N–H and O–H groups in total. The highest BCUT2D eigenvalue weighted by atomic mass is 16.5. The number of methoxy groups -OCH3 is 1. The van der Waals surface area contributed by atoms with Crippen LogP contribution in [0.3, 0.4) is 0 Å². The summed E-state index contributed by atoms with van der Waals surface area (Å²) in [5.74, 6) is 0. The quantitative estimate of drug-likeness (QED) is 0.857. The molecule has 0 saturated carbocycles. The Morgan fingerprint density at radius 1 is 1.35 bits per heavy atom. The molecule has 1 heterocycles. The lowest BCUT2D eigenvalue weighted by atomic mass is 10.1. The summed E-state index contributed by atoms with van der Waals surface area (Å²) in [6.45, 7) is 1.45. The summed E-state index contributed by atoms with van der Waals surface area (Å²) >= 11 is 0. The summed E-state index contributed by atoms with van der Waals surface area (Å²) in [6.07, 6.45) is 3.78. The number of hydrogen-bond donors (Lipinski definition) is 1. The third-order valence-electron chi connectivity index (χ3n) is 2.50. The number of nitrogens with zero attached hydrogens (tertiary/aromatic N) is 2. The van der Waals surface area contributed by atoms with Gasteiger partial charge in [-0.3, -0.25) is 4.68 Å². The zero-order chi connectivity index (χ0) is 12.1. The van der Waals surface area contributed by atoms with Gasteiger partial charge in [0, 0.05) is 26.9 Å². The number of aromatic nitrogens is 2. The van der Waals surface area contributed by atoms with Gasteiger partial charge in [0.05, 0.1) is 18.5 Å². The van der Waals surface area contributed by atoms with Gasteiger partial charge in [0.1, 0.15) is 0 Å². The molecule has 0 aliphatic carbocycles. The smallest absolute Gasteiger partial charge is 0.0729 e. The van der Waals surface area contributed by atoms with Gasteiger partial charge in [-0.2, -0.15) is 5.10 Å². The SMILES string of the molecule is COCc1cccc(CNc2cnn(C)c2)c1. The van der Waals surface area contributed by atoms with Gasteiger partial charge in [0.15, 0.2) is 0 Å². The maximum absolute atomic E-state index is 5.12. The van der Waals surface area contributed by atoms with Crippen LogP contribution in [0.2, 0.25) is 0 Å². The molecule has 4 heteroatoms. The molecule has 0 radical (unpaired) electrons. The van der Waals surface area contributed by atoms with Crippen molar-refractivity contribution in [2.45, 2.75) is 13.2 Å². The van der Waals surface area contributed by atoms with E-state index in [-0.39, 0.29) is 0 Å². The fourth-order valence-electron chi connectivity index (χ4n) is 1.71. The highest BCUT2D eigenvalue weighted by Gasteiger charge is 1.98. The molecule has 90 valence electrons. The second-order valence-corrected chi connectivity index (χ2v) is 4.01. The number of anilines is 1. The van der Waals surface area contributed by atoms with Crippen LogP contribution in [0.4, 0.5) is 5.69 Å². The Hall–Kier alpha value is -1.81. The zero-order valence-electron chi connectivity index (χ0n) is 10.2. The van der Waals surface area contributed by atoms with E-state index in [4.69, 9.17) is 4.74 Å². The van der Waals surface area contributed by atoms with E-state index in [2.05, 4.69) is 34.7 Å². The number of hydrogen-bond acceptors (Lipinski definition) is 3. The Balaban J connectivity index is 1.96. The summed E-state index contributed by atoms with van der Waals surface area (Å²) in [5.41, 5.74) is 3.46. The lowest BCUT2D eigenvalue weighted by molar-refractivity contribution is 0.185. The highest BCUT2D eigenvalue weighted by Crippen LogP contribution is 2.10. The van der Waals surface area contributed by atoms with Gasteiger partial charge < -0.3 is 10.1 Å². The molecule has 0 aliphatic heterocycles. The third kappa shape index (κ3) is 3.32. The zero-order valence-corrected chi connectivity index (χ0v) is 10.2. The average molecular weight is 231 g/mol. The van der Waals surface area contributed by atoms with E-state index in [0.717, 1.165) is 12.2 Å². The van der Waals surface area contributed by atoms with E-state index < -0.39 is 0 Å². The van der Waals surface area contributed by atoms with E-state index in [1.165, 1.54) is 11.1 Å². The van der Waals surface area contributed by atoms with Crippen LogP contribution in [-0.2, 0) is 24.9 Å². The van der Waals surface area contributed by atoms with Crippen molar-refractivity contribution in [3.8, 4) is 0 Å². The first-order valence-electron chi connectivity index (χ1n) is 5.57. The minimum Gasteiger partial charge on any atom is -0.380 e. The molecular formula is C13H17N3O. The van der Waals surface area contributed by atoms with Crippen LogP contribution in [0.25, 0.3) is 0 Å². The molecule has 1 aromatic heterocycles. The molecular weight excluding hydrogens is 214 g/mol. The molecule has 0 atom stereocenters. The lowest BCUT2D eigenvalue weighted by Crippen LogP contribution is -1.99. The van der Waals surface area contributed by atoms with E-state index in [1.807, 2.05) is 19.4 Å². The third-order valence-corrected chi connectivity index (χ3v) is 2.50. The molecule has 0 spiro atoms. The number of rotatable bonds is 5. The normalized spacial score (nSPS) is 10.5. The Morgan fingerprint density at radius 3 is 2.88 bits per heavy atom. The monoisotopic (exact) mass is 231 g/mol. The van der Waals surface area contributed by atoms with Crippen molar-refractivity contribution in [1.29, 1.82) is 0 Å². The Bertz CT molecular complexity index is 479. The topological polar surface area (TPSA) is 39.1 Å².